The maximum Gasteiger partial charge on any atom is 0.311 e. The number of amides is 1. The first-order chi connectivity index (χ1) is 13.0. The number of anilines is 1. The predicted octanol–water partition coefficient (Wildman–Crippen LogP) is 4.63. The first kappa shape index (κ1) is 19.9. The van der Waals surface area contributed by atoms with Crippen LogP contribution in [-0.2, 0) is 10.5 Å². The van der Waals surface area contributed by atoms with Crippen molar-refractivity contribution < 1.29 is 14.5 Å². The van der Waals surface area contributed by atoms with Crippen LogP contribution in [0.3, 0.4) is 0 Å². The summed E-state index contributed by atoms with van der Waals surface area (Å²) in [6, 6.07) is 10.4. The number of rotatable bonds is 6. The van der Waals surface area contributed by atoms with Crippen LogP contribution in [0.2, 0.25) is 5.02 Å². The summed E-state index contributed by atoms with van der Waals surface area (Å²) in [5.41, 5.74) is 1.56. The number of benzene rings is 2. The van der Waals surface area contributed by atoms with Crippen molar-refractivity contribution in [1.29, 1.82) is 0 Å². The number of nitro groups is 1. The van der Waals surface area contributed by atoms with Crippen molar-refractivity contribution >= 4 is 52.4 Å². The van der Waals surface area contributed by atoms with Crippen LogP contribution in [-0.4, -0.2) is 36.0 Å². The Hall–Kier alpha value is -1.90. The summed E-state index contributed by atoms with van der Waals surface area (Å²) in [6.45, 7) is 0.644. The molecule has 0 saturated heterocycles. The van der Waals surface area contributed by atoms with Crippen molar-refractivity contribution in [2.45, 2.75) is 10.6 Å². The molecule has 0 spiro atoms. The van der Waals surface area contributed by atoms with Crippen molar-refractivity contribution in [3.05, 3.63) is 57.1 Å². The van der Waals surface area contributed by atoms with E-state index in [0.717, 1.165) is 21.9 Å². The molecule has 1 aliphatic heterocycles. The van der Waals surface area contributed by atoms with Gasteiger partial charge in [-0.15, -0.1) is 23.5 Å². The average molecular weight is 425 g/mol. The topological polar surface area (TPSA) is 72.7 Å². The second-order valence-corrected chi connectivity index (χ2v) is 8.32. The van der Waals surface area contributed by atoms with Gasteiger partial charge < -0.3 is 9.64 Å². The molecule has 1 amide bonds. The summed E-state index contributed by atoms with van der Waals surface area (Å²) < 4.78 is 5.00. The summed E-state index contributed by atoms with van der Waals surface area (Å²) >= 11 is 9.22. The van der Waals surface area contributed by atoms with Crippen molar-refractivity contribution in [2.75, 3.05) is 30.1 Å². The highest BCUT2D eigenvalue weighted by molar-refractivity contribution is 7.99. The Balaban J connectivity index is 1.63. The highest BCUT2D eigenvalue weighted by Gasteiger charge is 2.23. The van der Waals surface area contributed by atoms with Crippen LogP contribution >= 0.6 is 35.1 Å². The molecule has 0 fully saturated rings. The molecule has 0 saturated carbocycles. The van der Waals surface area contributed by atoms with Crippen molar-refractivity contribution in [3.8, 4) is 5.75 Å². The van der Waals surface area contributed by atoms with Gasteiger partial charge >= 0.3 is 5.69 Å². The summed E-state index contributed by atoms with van der Waals surface area (Å²) in [5.74, 6) is 1.87. The lowest BCUT2D eigenvalue weighted by atomic mass is 10.2. The fourth-order valence-electron chi connectivity index (χ4n) is 2.75. The van der Waals surface area contributed by atoms with E-state index < -0.39 is 4.92 Å². The van der Waals surface area contributed by atoms with Gasteiger partial charge in [0.15, 0.2) is 5.75 Å². The highest BCUT2D eigenvalue weighted by atomic mass is 35.5. The molecule has 0 aliphatic carbocycles. The number of nitro benzene ring substituents is 1. The van der Waals surface area contributed by atoms with Gasteiger partial charge in [0, 0.05) is 34.0 Å². The van der Waals surface area contributed by atoms with E-state index in [-0.39, 0.29) is 23.1 Å². The number of hydrogen-bond donors (Lipinski definition) is 0. The second-order valence-electron chi connectivity index (χ2n) is 5.76. The van der Waals surface area contributed by atoms with Crippen LogP contribution in [0, 0.1) is 10.1 Å². The Morgan fingerprint density at radius 2 is 2.19 bits per heavy atom. The van der Waals surface area contributed by atoms with Gasteiger partial charge in [-0.2, -0.15) is 0 Å². The van der Waals surface area contributed by atoms with Crippen LogP contribution in [0.15, 0.2) is 41.3 Å². The fourth-order valence-corrected chi connectivity index (χ4v) is 4.74. The van der Waals surface area contributed by atoms with Crippen LogP contribution in [0.4, 0.5) is 11.4 Å². The van der Waals surface area contributed by atoms with Gasteiger partial charge in [0.05, 0.1) is 23.5 Å². The summed E-state index contributed by atoms with van der Waals surface area (Å²) in [5, 5.41) is 11.7. The van der Waals surface area contributed by atoms with Gasteiger partial charge in [-0.3, -0.25) is 14.9 Å². The maximum atomic E-state index is 12.7. The van der Waals surface area contributed by atoms with Crippen molar-refractivity contribution in [1.82, 2.24) is 0 Å². The number of carbonyl (C=O) groups excluding carboxylic acids is 1. The molecular formula is C18H17ClN2O4S2. The SMILES string of the molecule is COc1ccc(CSCC(=O)N2CCSc3ccc(Cl)cc32)cc1[N+](=O)[O-]. The largest absolute Gasteiger partial charge is 0.490 e. The van der Waals surface area contributed by atoms with E-state index in [1.165, 1.54) is 24.9 Å². The van der Waals surface area contributed by atoms with E-state index in [9.17, 15) is 14.9 Å². The number of halogens is 1. The monoisotopic (exact) mass is 424 g/mol. The molecule has 27 heavy (non-hydrogen) atoms. The Morgan fingerprint density at radius 1 is 1.37 bits per heavy atom. The quantitative estimate of drug-likeness (QED) is 0.497. The third-order valence-electron chi connectivity index (χ3n) is 4.02. The molecule has 0 N–H and O–H groups in total. The second kappa shape index (κ2) is 8.86. The predicted molar refractivity (Wildman–Crippen MR) is 110 cm³/mol. The molecule has 0 radical (unpaired) electrons. The van der Waals surface area contributed by atoms with Crippen LogP contribution in [0.1, 0.15) is 5.56 Å². The third kappa shape index (κ3) is 4.69. The lowest BCUT2D eigenvalue weighted by Crippen LogP contribution is -2.36. The number of ether oxygens (including phenoxy) is 1. The normalized spacial score (nSPS) is 13.2. The zero-order valence-corrected chi connectivity index (χ0v) is 16.9. The molecule has 3 rings (SSSR count). The van der Waals surface area contributed by atoms with Crippen LogP contribution in [0.5, 0.6) is 5.75 Å². The van der Waals surface area contributed by atoms with Crippen LogP contribution < -0.4 is 9.64 Å². The Morgan fingerprint density at radius 3 is 2.93 bits per heavy atom. The summed E-state index contributed by atoms with van der Waals surface area (Å²) in [6.07, 6.45) is 0. The number of fused-ring (bicyclic) bond motifs is 1. The Kier molecular flexibility index (Phi) is 6.51. The molecule has 1 heterocycles. The molecule has 2 aromatic rings. The molecule has 142 valence electrons. The minimum atomic E-state index is -0.468. The highest BCUT2D eigenvalue weighted by Crippen LogP contribution is 2.37. The third-order valence-corrected chi connectivity index (χ3v) is 6.29. The molecule has 0 aromatic heterocycles. The average Bonchev–Trinajstić information content (AvgIpc) is 2.67. The van der Waals surface area contributed by atoms with Gasteiger partial charge in [0.1, 0.15) is 0 Å². The summed E-state index contributed by atoms with van der Waals surface area (Å²) in [7, 11) is 1.40. The van der Waals surface area contributed by atoms with E-state index in [0.29, 0.717) is 17.3 Å². The zero-order chi connectivity index (χ0) is 19.4. The lowest BCUT2D eigenvalue weighted by Gasteiger charge is -2.29. The van der Waals surface area contributed by atoms with Gasteiger partial charge in [0.2, 0.25) is 5.91 Å². The number of hydrogen-bond acceptors (Lipinski definition) is 6. The fraction of sp³-hybridized carbons (Fsp3) is 0.278. The Labute approximate surface area is 170 Å². The van der Waals surface area contributed by atoms with Crippen LogP contribution in [0.25, 0.3) is 0 Å². The molecule has 9 heteroatoms. The molecular weight excluding hydrogens is 408 g/mol. The minimum absolute atomic E-state index is 0.00632. The van der Waals surface area contributed by atoms with E-state index in [2.05, 4.69) is 0 Å². The van der Waals surface area contributed by atoms with E-state index >= 15 is 0 Å². The lowest BCUT2D eigenvalue weighted by molar-refractivity contribution is -0.385. The number of methoxy groups -OCH3 is 1. The van der Waals surface area contributed by atoms with E-state index in [1.54, 1.807) is 28.8 Å². The maximum absolute atomic E-state index is 12.7. The number of carbonyl (C=O) groups is 1. The zero-order valence-electron chi connectivity index (χ0n) is 14.5. The molecule has 1 aliphatic rings. The summed E-state index contributed by atoms with van der Waals surface area (Å²) in [4.78, 5) is 26.1. The first-order valence-corrected chi connectivity index (χ1v) is 10.6. The Bertz CT molecular complexity index is 878. The number of thioether (sulfide) groups is 2. The van der Waals surface area contributed by atoms with Crippen molar-refractivity contribution in [3.63, 3.8) is 0 Å². The smallest absolute Gasteiger partial charge is 0.311 e. The van der Waals surface area contributed by atoms with Gasteiger partial charge in [-0.25, -0.2) is 0 Å². The van der Waals surface area contributed by atoms with E-state index in [4.69, 9.17) is 16.3 Å². The molecule has 0 unspecified atom stereocenters. The minimum Gasteiger partial charge on any atom is -0.490 e. The molecule has 6 nitrogen and oxygen atoms in total. The molecule has 2 aromatic carbocycles. The standard InChI is InChI=1S/C18H17ClN2O4S2/c1-25-16-4-2-12(8-14(16)21(23)24)10-26-11-18(22)20-6-7-27-17-5-3-13(19)9-15(17)20/h2-5,8-9H,6-7,10-11H2,1H3. The van der Waals surface area contributed by atoms with Gasteiger partial charge in [-0.05, 0) is 29.8 Å². The molecule has 0 bridgehead atoms. The van der Waals surface area contributed by atoms with E-state index in [1.807, 2.05) is 18.2 Å². The van der Waals surface area contributed by atoms with Crippen molar-refractivity contribution in [2.24, 2.45) is 0 Å². The van der Waals surface area contributed by atoms with Gasteiger partial charge in [0.25, 0.3) is 0 Å². The first-order valence-electron chi connectivity index (χ1n) is 8.11. The molecule has 0 atom stereocenters. The van der Waals surface area contributed by atoms with Gasteiger partial charge in [-0.1, -0.05) is 17.7 Å². The number of nitrogens with zero attached hydrogens (tertiary/aromatic N) is 2.